The topological polar surface area (TPSA) is 73.0 Å². The molecule has 3 heterocycles. The fourth-order valence-corrected chi connectivity index (χ4v) is 4.29. The first kappa shape index (κ1) is 20.9. The number of aromatic nitrogens is 4. The van der Waals surface area contributed by atoms with Crippen molar-refractivity contribution in [2.75, 3.05) is 13.1 Å². The van der Waals surface area contributed by atoms with Crippen molar-refractivity contribution in [2.45, 2.75) is 19.4 Å². The van der Waals surface area contributed by atoms with Crippen molar-refractivity contribution in [3.63, 3.8) is 0 Å². The van der Waals surface area contributed by atoms with Gasteiger partial charge in [-0.2, -0.15) is 10.2 Å². The number of likely N-dealkylation sites (tertiary alicyclic amines) is 1. The van der Waals surface area contributed by atoms with Crippen molar-refractivity contribution in [1.82, 2.24) is 24.5 Å². The lowest BCUT2D eigenvalue weighted by molar-refractivity contribution is 0.0680. The molecular weight excluding hydrogens is 414 g/mol. The number of hydrogen-bond donors (Lipinski definition) is 0. The fraction of sp³-hybridized carbons (Fsp3) is 0.231. The molecule has 7 nitrogen and oxygen atoms in total. The van der Waals surface area contributed by atoms with Gasteiger partial charge in [0.1, 0.15) is 0 Å². The van der Waals surface area contributed by atoms with Gasteiger partial charge in [-0.15, -0.1) is 0 Å². The second-order valence-corrected chi connectivity index (χ2v) is 8.34. The molecule has 2 aromatic carbocycles. The molecule has 0 bridgehead atoms. The molecule has 0 saturated carbocycles. The van der Waals surface area contributed by atoms with Crippen LogP contribution in [0.25, 0.3) is 16.9 Å². The molecule has 2 aromatic heterocycles. The Morgan fingerprint density at radius 3 is 2.52 bits per heavy atom. The van der Waals surface area contributed by atoms with E-state index in [1.165, 1.54) is 0 Å². The lowest BCUT2D eigenvalue weighted by Crippen LogP contribution is -2.40. The lowest BCUT2D eigenvalue weighted by atomic mass is 9.96. The van der Waals surface area contributed by atoms with Gasteiger partial charge in [0, 0.05) is 49.2 Å². The van der Waals surface area contributed by atoms with Gasteiger partial charge in [-0.05, 0) is 49.1 Å². The van der Waals surface area contributed by atoms with Gasteiger partial charge in [0.25, 0.3) is 11.5 Å². The highest BCUT2D eigenvalue weighted by Gasteiger charge is 2.24. The minimum atomic E-state index is -0.0939. The van der Waals surface area contributed by atoms with E-state index in [4.69, 9.17) is 0 Å². The van der Waals surface area contributed by atoms with Gasteiger partial charge in [0.05, 0.1) is 11.4 Å². The van der Waals surface area contributed by atoms with Gasteiger partial charge >= 0.3 is 0 Å². The Bertz CT molecular complexity index is 1290. The highest BCUT2D eigenvalue weighted by Crippen LogP contribution is 2.22. The van der Waals surface area contributed by atoms with E-state index in [1.807, 2.05) is 71.8 Å². The van der Waals surface area contributed by atoms with Crippen molar-refractivity contribution in [1.29, 1.82) is 0 Å². The van der Waals surface area contributed by atoms with E-state index in [2.05, 4.69) is 10.2 Å². The summed E-state index contributed by atoms with van der Waals surface area (Å²) in [6.45, 7) is 1.90. The summed E-state index contributed by atoms with van der Waals surface area (Å²) in [5, 5.41) is 8.83. The second-order valence-electron chi connectivity index (χ2n) is 8.34. The summed E-state index contributed by atoms with van der Waals surface area (Å²) >= 11 is 0. The first-order chi connectivity index (χ1) is 16.2. The first-order valence-electron chi connectivity index (χ1n) is 11.2. The summed E-state index contributed by atoms with van der Waals surface area (Å²) in [6, 6.07) is 22.6. The second kappa shape index (κ2) is 9.24. The number of carbonyl (C=O) groups excluding carboxylic acids is 1. The number of benzene rings is 2. The summed E-state index contributed by atoms with van der Waals surface area (Å²) in [5.41, 5.74) is 3.21. The Balaban J connectivity index is 1.23. The highest BCUT2D eigenvalue weighted by atomic mass is 16.2. The number of hydrogen-bond acceptors (Lipinski definition) is 4. The van der Waals surface area contributed by atoms with E-state index in [-0.39, 0.29) is 11.5 Å². The van der Waals surface area contributed by atoms with Gasteiger partial charge < -0.3 is 4.90 Å². The van der Waals surface area contributed by atoms with Crippen molar-refractivity contribution >= 4 is 5.91 Å². The minimum absolute atomic E-state index is 0.0313. The molecule has 1 amide bonds. The normalized spacial score (nSPS) is 14.4. The molecule has 0 radical (unpaired) electrons. The van der Waals surface area contributed by atoms with Crippen LogP contribution < -0.4 is 5.56 Å². The molecule has 0 N–H and O–H groups in total. The maximum absolute atomic E-state index is 13.1. The zero-order valence-corrected chi connectivity index (χ0v) is 18.2. The number of nitrogens with zero attached hydrogens (tertiary/aromatic N) is 5. The van der Waals surface area contributed by atoms with Crippen LogP contribution in [0.1, 0.15) is 23.2 Å². The van der Waals surface area contributed by atoms with Gasteiger partial charge in [0.15, 0.2) is 0 Å². The Kier molecular flexibility index (Phi) is 5.85. The number of rotatable bonds is 5. The summed E-state index contributed by atoms with van der Waals surface area (Å²) in [4.78, 5) is 27.4. The monoisotopic (exact) mass is 439 g/mol. The third kappa shape index (κ3) is 4.62. The summed E-state index contributed by atoms with van der Waals surface area (Å²) in [6.07, 6.45) is 5.26. The van der Waals surface area contributed by atoms with E-state index < -0.39 is 0 Å². The summed E-state index contributed by atoms with van der Waals surface area (Å²) < 4.78 is 3.31. The Morgan fingerprint density at radius 2 is 1.76 bits per heavy atom. The van der Waals surface area contributed by atoms with Crippen LogP contribution in [0.15, 0.2) is 90.0 Å². The molecule has 0 aliphatic carbocycles. The van der Waals surface area contributed by atoms with E-state index in [9.17, 15) is 9.59 Å². The lowest BCUT2D eigenvalue weighted by Gasteiger charge is -2.32. The van der Waals surface area contributed by atoms with Crippen LogP contribution in [-0.2, 0) is 6.54 Å². The Labute approximate surface area is 191 Å². The molecule has 1 fully saturated rings. The number of piperidine rings is 1. The standard InChI is InChI=1S/C26H25N5O2/c32-25-11-10-24(21-6-2-1-3-7-21)28-31(25)19-20-12-16-29(17-13-20)26(33)22-8-4-9-23(18-22)30-15-5-14-27-30/h1-11,14-15,18,20H,12-13,16-17,19H2. The van der Waals surface area contributed by atoms with Crippen LogP contribution in [-0.4, -0.2) is 43.5 Å². The van der Waals surface area contributed by atoms with Gasteiger partial charge in [0.2, 0.25) is 0 Å². The molecule has 1 saturated heterocycles. The third-order valence-corrected chi connectivity index (χ3v) is 6.13. The maximum Gasteiger partial charge on any atom is 0.266 e. The molecule has 0 unspecified atom stereocenters. The third-order valence-electron chi connectivity index (χ3n) is 6.13. The average molecular weight is 440 g/mol. The summed E-state index contributed by atoms with van der Waals surface area (Å²) in [7, 11) is 0. The molecule has 0 atom stereocenters. The molecule has 4 aromatic rings. The number of carbonyl (C=O) groups is 1. The van der Waals surface area contributed by atoms with Crippen molar-refractivity contribution < 1.29 is 4.79 Å². The molecule has 166 valence electrons. The highest BCUT2D eigenvalue weighted by molar-refractivity contribution is 5.94. The first-order valence-corrected chi connectivity index (χ1v) is 11.2. The van der Waals surface area contributed by atoms with Crippen LogP contribution in [0.2, 0.25) is 0 Å². The predicted molar refractivity (Wildman–Crippen MR) is 126 cm³/mol. The molecule has 1 aliphatic rings. The van der Waals surface area contributed by atoms with Crippen LogP contribution in [0, 0.1) is 5.92 Å². The van der Waals surface area contributed by atoms with Crippen molar-refractivity contribution in [3.05, 3.63) is 101 Å². The quantitative estimate of drug-likeness (QED) is 0.476. The maximum atomic E-state index is 13.1. The van der Waals surface area contributed by atoms with Gasteiger partial charge in [-0.25, -0.2) is 9.36 Å². The SMILES string of the molecule is O=C(c1cccc(-n2cccn2)c1)N1CCC(Cn2nc(-c3ccccc3)ccc2=O)CC1. The zero-order valence-electron chi connectivity index (χ0n) is 18.2. The van der Waals surface area contributed by atoms with E-state index in [1.54, 1.807) is 27.7 Å². The van der Waals surface area contributed by atoms with Gasteiger partial charge in [-0.3, -0.25) is 9.59 Å². The molecule has 7 heteroatoms. The fourth-order valence-electron chi connectivity index (χ4n) is 4.29. The van der Waals surface area contributed by atoms with E-state index in [0.29, 0.717) is 31.1 Å². The largest absolute Gasteiger partial charge is 0.339 e. The molecule has 1 aliphatic heterocycles. The Hall–Kier alpha value is -4.00. The average Bonchev–Trinajstić information content (AvgIpc) is 3.41. The van der Waals surface area contributed by atoms with Crippen molar-refractivity contribution in [3.8, 4) is 16.9 Å². The molecule has 5 rings (SSSR count). The van der Waals surface area contributed by atoms with Gasteiger partial charge in [-0.1, -0.05) is 36.4 Å². The van der Waals surface area contributed by atoms with Crippen LogP contribution >= 0.6 is 0 Å². The van der Waals surface area contributed by atoms with E-state index in [0.717, 1.165) is 29.8 Å². The Morgan fingerprint density at radius 1 is 0.939 bits per heavy atom. The zero-order chi connectivity index (χ0) is 22.6. The van der Waals surface area contributed by atoms with Crippen molar-refractivity contribution in [2.24, 2.45) is 5.92 Å². The van der Waals surface area contributed by atoms with Crippen LogP contribution in [0.3, 0.4) is 0 Å². The number of amides is 1. The molecule has 33 heavy (non-hydrogen) atoms. The predicted octanol–water partition coefficient (Wildman–Crippen LogP) is 3.65. The minimum Gasteiger partial charge on any atom is -0.339 e. The molecular formula is C26H25N5O2. The van der Waals surface area contributed by atoms with Crippen LogP contribution in [0.5, 0.6) is 0 Å². The summed E-state index contributed by atoms with van der Waals surface area (Å²) in [5.74, 6) is 0.338. The smallest absolute Gasteiger partial charge is 0.266 e. The van der Waals surface area contributed by atoms with E-state index >= 15 is 0 Å². The van der Waals surface area contributed by atoms with Crippen LogP contribution in [0.4, 0.5) is 0 Å². The molecule has 0 spiro atoms.